The van der Waals surface area contributed by atoms with E-state index in [1.165, 1.54) is 25.9 Å². The summed E-state index contributed by atoms with van der Waals surface area (Å²) in [7, 11) is 1.30. The van der Waals surface area contributed by atoms with Crippen molar-refractivity contribution in [1.82, 2.24) is 0 Å². The fraction of sp³-hybridized carbons (Fsp3) is 0.238. The number of hydrogen-bond donors (Lipinski definition) is 2. The van der Waals surface area contributed by atoms with Crippen LogP contribution in [0.25, 0.3) is 0 Å². The summed E-state index contributed by atoms with van der Waals surface area (Å²) in [6.45, 7) is 2.98. The van der Waals surface area contributed by atoms with Gasteiger partial charge in [-0.25, -0.2) is 4.79 Å². The topological polar surface area (TPSA) is 105 Å². The second-order valence-corrected chi connectivity index (χ2v) is 6.27. The van der Waals surface area contributed by atoms with E-state index in [4.69, 9.17) is 0 Å². The summed E-state index contributed by atoms with van der Waals surface area (Å²) in [5.41, 5.74) is 2.06. The minimum absolute atomic E-state index is 0.0721. The number of benzene rings is 2. The molecule has 2 aromatic rings. The van der Waals surface area contributed by atoms with Gasteiger partial charge in [-0.15, -0.1) is 0 Å². The molecule has 0 spiro atoms. The van der Waals surface area contributed by atoms with E-state index < -0.39 is 5.97 Å². The van der Waals surface area contributed by atoms with Crippen molar-refractivity contribution in [3.05, 3.63) is 54.1 Å². The predicted molar refractivity (Wildman–Crippen MR) is 110 cm³/mol. The molecule has 0 atom stereocenters. The highest BCUT2D eigenvalue weighted by Crippen LogP contribution is 2.20. The van der Waals surface area contributed by atoms with Crippen LogP contribution in [-0.2, 0) is 19.1 Å². The summed E-state index contributed by atoms with van der Waals surface area (Å²) in [4.78, 5) is 48.4. The molecule has 8 nitrogen and oxygen atoms in total. The second-order valence-electron chi connectivity index (χ2n) is 6.27. The summed E-state index contributed by atoms with van der Waals surface area (Å²) in [6, 6.07) is 13.1. The van der Waals surface area contributed by atoms with Gasteiger partial charge in [0, 0.05) is 43.9 Å². The SMILES string of the molecule is COC(=O)c1ccc(NC(=O)CCN(C(C)=O)c2cccc(NC(C)=O)c2)cc1. The Morgan fingerprint density at radius 1 is 0.931 bits per heavy atom. The molecule has 0 radical (unpaired) electrons. The standard InChI is InChI=1S/C21H23N3O5/c1-14(25)22-18-5-4-6-19(13-18)24(15(2)26)12-11-20(27)23-17-9-7-16(8-10-17)21(28)29-3/h4-10,13H,11-12H2,1-3H3,(H,22,25)(H,23,27). The average Bonchev–Trinajstić information content (AvgIpc) is 2.67. The highest BCUT2D eigenvalue weighted by atomic mass is 16.5. The van der Waals surface area contributed by atoms with E-state index >= 15 is 0 Å². The maximum Gasteiger partial charge on any atom is 0.337 e. The van der Waals surface area contributed by atoms with Gasteiger partial charge in [0.15, 0.2) is 0 Å². The van der Waals surface area contributed by atoms with Crippen molar-refractivity contribution < 1.29 is 23.9 Å². The van der Waals surface area contributed by atoms with Crippen LogP contribution in [0.5, 0.6) is 0 Å². The number of esters is 1. The van der Waals surface area contributed by atoms with Gasteiger partial charge in [0.2, 0.25) is 17.7 Å². The monoisotopic (exact) mass is 397 g/mol. The molecule has 0 unspecified atom stereocenters. The minimum Gasteiger partial charge on any atom is -0.465 e. The van der Waals surface area contributed by atoms with Gasteiger partial charge in [0.25, 0.3) is 0 Å². The smallest absolute Gasteiger partial charge is 0.337 e. The van der Waals surface area contributed by atoms with Crippen LogP contribution in [0.2, 0.25) is 0 Å². The maximum absolute atomic E-state index is 12.3. The maximum atomic E-state index is 12.3. The van der Waals surface area contributed by atoms with Crippen LogP contribution in [0.3, 0.4) is 0 Å². The van der Waals surface area contributed by atoms with E-state index in [0.29, 0.717) is 22.6 Å². The number of carbonyl (C=O) groups is 4. The number of hydrogen-bond acceptors (Lipinski definition) is 5. The third kappa shape index (κ3) is 6.46. The van der Waals surface area contributed by atoms with Gasteiger partial charge in [-0.3, -0.25) is 14.4 Å². The molecule has 0 aliphatic carbocycles. The first-order valence-electron chi connectivity index (χ1n) is 8.94. The zero-order chi connectivity index (χ0) is 21.4. The van der Waals surface area contributed by atoms with Crippen LogP contribution < -0.4 is 15.5 Å². The number of amides is 3. The van der Waals surface area contributed by atoms with Gasteiger partial charge in [-0.05, 0) is 42.5 Å². The first kappa shape index (κ1) is 21.6. The highest BCUT2D eigenvalue weighted by Gasteiger charge is 2.14. The first-order chi connectivity index (χ1) is 13.8. The normalized spacial score (nSPS) is 10.0. The van der Waals surface area contributed by atoms with Crippen LogP contribution >= 0.6 is 0 Å². The third-order valence-electron chi connectivity index (χ3n) is 4.01. The number of nitrogens with zero attached hydrogens (tertiary/aromatic N) is 1. The number of anilines is 3. The Balaban J connectivity index is 2.00. The molecule has 2 N–H and O–H groups in total. The zero-order valence-electron chi connectivity index (χ0n) is 16.5. The molecule has 0 aliphatic rings. The van der Waals surface area contributed by atoms with Crippen LogP contribution in [0.1, 0.15) is 30.6 Å². The molecule has 2 rings (SSSR count). The Morgan fingerprint density at radius 2 is 1.62 bits per heavy atom. The molecule has 0 aromatic heterocycles. The molecule has 3 amide bonds. The lowest BCUT2D eigenvalue weighted by atomic mass is 10.2. The molecule has 0 bridgehead atoms. The number of nitrogens with one attached hydrogen (secondary N) is 2. The summed E-state index contributed by atoms with van der Waals surface area (Å²) < 4.78 is 4.63. The molecule has 8 heteroatoms. The van der Waals surface area contributed by atoms with E-state index in [1.54, 1.807) is 48.5 Å². The summed E-state index contributed by atoms with van der Waals surface area (Å²) in [5.74, 6) is -1.17. The lowest BCUT2D eigenvalue weighted by molar-refractivity contribution is -0.117. The van der Waals surface area contributed by atoms with Crippen molar-refractivity contribution in [2.45, 2.75) is 20.3 Å². The van der Waals surface area contributed by atoms with Crippen molar-refractivity contribution in [2.75, 3.05) is 29.2 Å². The summed E-state index contributed by atoms with van der Waals surface area (Å²) in [6.07, 6.45) is 0.0721. The molecular formula is C21H23N3O5. The zero-order valence-corrected chi connectivity index (χ0v) is 16.5. The van der Waals surface area contributed by atoms with Gasteiger partial charge in [-0.2, -0.15) is 0 Å². The molecule has 0 fully saturated rings. The van der Waals surface area contributed by atoms with Gasteiger partial charge >= 0.3 is 5.97 Å². The van der Waals surface area contributed by atoms with Crippen molar-refractivity contribution in [1.29, 1.82) is 0 Å². The van der Waals surface area contributed by atoms with E-state index in [9.17, 15) is 19.2 Å². The van der Waals surface area contributed by atoms with Gasteiger partial charge < -0.3 is 20.3 Å². The molecular weight excluding hydrogens is 374 g/mol. The Kier molecular flexibility index (Phi) is 7.47. The number of ether oxygens (including phenoxy) is 1. The van der Waals surface area contributed by atoms with Crippen molar-refractivity contribution in [2.24, 2.45) is 0 Å². The lowest BCUT2D eigenvalue weighted by Crippen LogP contribution is -2.32. The third-order valence-corrected chi connectivity index (χ3v) is 4.01. The Bertz CT molecular complexity index is 909. The van der Waals surface area contributed by atoms with Crippen LogP contribution in [0.4, 0.5) is 17.1 Å². The van der Waals surface area contributed by atoms with Gasteiger partial charge in [-0.1, -0.05) is 6.07 Å². The van der Waals surface area contributed by atoms with Crippen LogP contribution in [0.15, 0.2) is 48.5 Å². The highest BCUT2D eigenvalue weighted by molar-refractivity contribution is 5.96. The Morgan fingerprint density at radius 3 is 2.21 bits per heavy atom. The van der Waals surface area contributed by atoms with E-state index in [2.05, 4.69) is 15.4 Å². The van der Waals surface area contributed by atoms with E-state index in [-0.39, 0.29) is 30.7 Å². The van der Waals surface area contributed by atoms with Crippen LogP contribution in [0, 0.1) is 0 Å². The minimum atomic E-state index is -0.457. The van der Waals surface area contributed by atoms with Crippen molar-refractivity contribution in [3.8, 4) is 0 Å². The number of methoxy groups -OCH3 is 1. The molecule has 2 aromatic carbocycles. The fourth-order valence-corrected chi connectivity index (χ4v) is 2.67. The largest absolute Gasteiger partial charge is 0.465 e. The predicted octanol–water partition coefficient (Wildman–Crippen LogP) is 2.81. The van der Waals surface area contributed by atoms with E-state index in [1.807, 2.05) is 0 Å². The van der Waals surface area contributed by atoms with Gasteiger partial charge in [0.05, 0.1) is 12.7 Å². The molecule has 0 saturated heterocycles. The van der Waals surface area contributed by atoms with E-state index in [0.717, 1.165) is 0 Å². The van der Waals surface area contributed by atoms with Crippen LogP contribution in [-0.4, -0.2) is 37.3 Å². The summed E-state index contributed by atoms with van der Waals surface area (Å²) in [5, 5.41) is 5.39. The molecule has 0 heterocycles. The average molecular weight is 397 g/mol. The molecule has 152 valence electrons. The number of rotatable bonds is 7. The first-order valence-corrected chi connectivity index (χ1v) is 8.94. The molecule has 29 heavy (non-hydrogen) atoms. The Hall–Kier alpha value is -3.68. The molecule has 0 aliphatic heterocycles. The van der Waals surface area contributed by atoms with Crippen molar-refractivity contribution >= 4 is 40.8 Å². The summed E-state index contributed by atoms with van der Waals surface area (Å²) >= 11 is 0. The second kappa shape index (κ2) is 10.0. The number of carbonyl (C=O) groups excluding carboxylic acids is 4. The van der Waals surface area contributed by atoms with Crippen molar-refractivity contribution in [3.63, 3.8) is 0 Å². The fourth-order valence-electron chi connectivity index (χ4n) is 2.67. The Labute approximate surface area is 168 Å². The lowest BCUT2D eigenvalue weighted by Gasteiger charge is -2.21. The van der Waals surface area contributed by atoms with Gasteiger partial charge in [0.1, 0.15) is 0 Å². The quantitative estimate of drug-likeness (QED) is 0.699. The molecule has 0 saturated carbocycles.